The van der Waals surface area contributed by atoms with Crippen LogP contribution in [0.2, 0.25) is 0 Å². The Morgan fingerprint density at radius 3 is 3.19 bits per heavy atom. The Balaban J connectivity index is 1.89. The van der Waals surface area contributed by atoms with Crippen molar-refractivity contribution in [2.75, 3.05) is 11.9 Å². The smallest absolute Gasteiger partial charge is 0.207 e. The van der Waals surface area contributed by atoms with Crippen LogP contribution >= 0.6 is 11.9 Å². The number of fused-ring (bicyclic) bond motifs is 1. The van der Waals surface area contributed by atoms with Crippen LogP contribution in [-0.2, 0) is 0 Å². The maximum atomic E-state index is 4.34. The first-order valence-electron chi connectivity index (χ1n) is 5.45. The van der Waals surface area contributed by atoms with E-state index in [4.69, 9.17) is 0 Å². The molecule has 0 fully saturated rings. The van der Waals surface area contributed by atoms with Gasteiger partial charge in [0.25, 0.3) is 0 Å². The Bertz CT molecular complexity index is 389. The molecule has 2 heterocycles. The molecule has 5 heteroatoms. The topological polar surface area (TPSA) is 49.3 Å². The summed E-state index contributed by atoms with van der Waals surface area (Å²) < 4.78 is 4.34. The Kier molecular flexibility index (Phi) is 3.66. The van der Waals surface area contributed by atoms with Gasteiger partial charge in [-0.25, -0.2) is 0 Å². The lowest BCUT2D eigenvalue weighted by Gasteiger charge is -2.18. The van der Waals surface area contributed by atoms with E-state index >= 15 is 0 Å². The molecule has 0 saturated heterocycles. The molecule has 1 aromatic heterocycles. The van der Waals surface area contributed by atoms with Gasteiger partial charge in [0.15, 0.2) is 0 Å². The van der Waals surface area contributed by atoms with E-state index in [2.05, 4.69) is 33.9 Å². The Labute approximate surface area is 100 Å². The van der Waals surface area contributed by atoms with Crippen LogP contribution in [0.25, 0.3) is 0 Å². The minimum Gasteiger partial charge on any atom is -0.355 e. The molecule has 2 rings (SSSR count). The fourth-order valence-corrected chi connectivity index (χ4v) is 1.98. The van der Waals surface area contributed by atoms with Gasteiger partial charge in [-0.2, -0.15) is 4.40 Å². The lowest BCUT2D eigenvalue weighted by Crippen LogP contribution is -2.32. The second kappa shape index (κ2) is 5.21. The number of rotatable bonds is 3. The molecule has 4 nitrogen and oxygen atoms in total. The average molecular weight is 236 g/mol. The summed E-state index contributed by atoms with van der Waals surface area (Å²) in [6.07, 6.45) is 4.75. The molecule has 0 atom stereocenters. The molecule has 0 saturated carbocycles. The summed E-state index contributed by atoms with van der Waals surface area (Å²) in [6.45, 7) is 5.38. The molecule has 0 bridgehead atoms. The van der Waals surface area contributed by atoms with Crippen LogP contribution < -0.4 is 10.6 Å². The quantitative estimate of drug-likeness (QED) is 0.792. The van der Waals surface area contributed by atoms with Crippen molar-refractivity contribution in [2.24, 2.45) is 10.3 Å². The summed E-state index contributed by atoms with van der Waals surface area (Å²) in [5.74, 6) is 1.55. The van der Waals surface area contributed by atoms with Crippen molar-refractivity contribution in [1.82, 2.24) is 10.3 Å². The van der Waals surface area contributed by atoms with Gasteiger partial charge in [0.05, 0.1) is 10.6 Å². The molecule has 0 radical (unpaired) electrons. The van der Waals surface area contributed by atoms with E-state index in [1.54, 1.807) is 6.20 Å². The van der Waals surface area contributed by atoms with Crippen LogP contribution in [0.5, 0.6) is 0 Å². The van der Waals surface area contributed by atoms with E-state index in [0.717, 1.165) is 29.5 Å². The second-order valence-electron chi connectivity index (χ2n) is 4.14. The molecule has 0 unspecified atom stereocenters. The summed E-state index contributed by atoms with van der Waals surface area (Å²) in [5.41, 5.74) is 1.07. The molecule has 0 aromatic carbocycles. The first kappa shape index (κ1) is 11.3. The first-order valence-corrected chi connectivity index (χ1v) is 6.23. The van der Waals surface area contributed by atoms with E-state index < -0.39 is 0 Å². The monoisotopic (exact) mass is 236 g/mol. The highest BCUT2D eigenvalue weighted by atomic mass is 32.2. The van der Waals surface area contributed by atoms with E-state index in [0.29, 0.717) is 5.92 Å². The zero-order valence-corrected chi connectivity index (χ0v) is 10.3. The molecular formula is C11H16N4S. The van der Waals surface area contributed by atoms with E-state index in [1.807, 2.05) is 12.3 Å². The lowest BCUT2D eigenvalue weighted by molar-refractivity contribution is 0.578. The number of nitrogens with zero attached hydrogens (tertiary/aromatic N) is 2. The molecule has 0 spiro atoms. The van der Waals surface area contributed by atoms with Crippen LogP contribution in [-0.4, -0.2) is 17.5 Å². The largest absolute Gasteiger partial charge is 0.355 e. The van der Waals surface area contributed by atoms with Gasteiger partial charge in [0.1, 0.15) is 0 Å². The standard InChI is InChI=1S/C11H16N4S/c1-8(2)3-6-13-11-14-9-4-5-12-7-10(9)16-15-11/h4-5,7-8H,3,6H2,1-2H3,(H2,13,14,15). The number of hydrogen-bond donors (Lipinski definition) is 2. The van der Waals surface area contributed by atoms with Gasteiger partial charge in [-0.3, -0.25) is 4.98 Å². The van der Waals surface area contributed by atoms with Crippen molar-refractivity contribution in [3.8, 4) is 0 Å². The van der Waals surface area contributed by atoms with Crippen LogP contribution in [0, 0.1) is 5.92 Å². The second-order valence-corrected chi connectivity index (χ2v) is 4.94. The van der Waals surface area contributed by atoms with Crippen molar-refractivity contribution >= 4 is 23.6 Å². The molecule has 1 aromatic rings. The zero-order valence-electron chi connectivity index (χ0n) is 9.53. The summed E-state index contributed by atoms with van der Waals surface area (Å²) in [4.78, 5) is 5.12. The van der Waals surface area contributed by atoms with Crippen molar-refractivity contribution in [1.29, 1.82) is 0 Å². The SMILES string of the molecule is CC(C)CCNC1=NSc2cnccc2N1. The van der Waals surface area contributed by atoms with Crippen molar-refractivity contribution in [2.45, 2.75) is 25.2 Å². The third-order valence-corrected chi connectivity index (χ3v) is 3.08. The Morgan fingerprint density at radius 1 is 1.50 bits per heavy atom. The molecule has 0 aliphatic carbocycles. The number of anilines is 1. The number of guanidine groups is 1. The van der Waals surface area contributed by atoms with Gasteiger partial charge in [-0.05, 0) is 18.4 Å². The van der Waals surface area contributed by atoms with Crippen molar-refractivity contribution in [3.63, 3.8) is 0 Å². The molecule has 16 heavy (non-hydrogen) atoms. The fourth-order valence-electron chi connectivity index (χ4n) is 1.36. The molecule has 86 valence electrons. The summed E-state index contributed by atoms with van der Waals surface area (Å²) in [7, 11) is 0. The minimum atomic E-state index is 0.709. The van der Waals surface area contributed by atoms with Gasteiger partial charge in [0.2, 0.25) is 5.96 Å². The highest BCUT2D eigenvalue weighted by Crippen LogP contribution is 2.29. The normalized spacial score (nSPS) is 14.1. The van der Waals surface area contributed by atoms with E-state index in [-0.39, 0.29) is 0 Å². The lowest BCUT2D eigenvalue weighted by atomic mass is 10.1. The third-order valence-electron chi connectivity index (χ3n) is 2.29. The van der Waals surface area contributed by atoms with Crippen LogP contribution in [0.15, 0.2) is 27.8 Å². The molecular weight excluding hydrogens is 220 g/mol. The first-order chi connectivity index (χ1) is 7.75. The Morgan fingerprint density at radius 2 is 2.38 bits per heavy atom. The van der Waals surface area contributed by atoms with E-state index in [9.17, 15) is 0 Å². The van der Waals surface area contributed by atoms with E-state index in [1.165, 1.54) is 11.9 Å². The zero-order chi connectivity index (χ0) is 11.4. The summed E-state index contributed by atoms with van der Waals surface area (Å²) in [6, 6.07) is 1.96. The predicted molar refractivity (Wildman–Crippen MR) is 68.6 cm³/mol. The maximum Gasteiger partial charge on any atom is 0.207 e. The third kappa shape index (κ3) is 2.88. The minimum absolute atomic E-state index is 0.709. The molecule has 1 aliphatic heterocycles. The highest BCUT2D eigenvalue weighted by molar-refractivity contribution is 7.98. The Hall–Kier alpha value is -1.23. The van der Waals surface area contributed by atoms with Gasteiger partial charge < -0.3 is 10.6 Å². The average Bonchev–Trinajstić information content (AvgIpc) is 2.28. The maximum absolute atomic E-state index is 4.34. The summed E-state index contributed by atoms with van der Waals surface area (Å²) >= 11 is 1.46. The van der Waals surface area contributed by atoms with Gasteiger partial charge in [0, 0.05) is 30.9 Å². The van der Waals surface area contributed by atoms with Gasteiger partial charge in [-0.15, -0.1) is 0 Å². The van der Waals surface area contributed by atoms with Crippen LogP contribution in [0.3, 0.4) is 0 Å². The number of pyridine rings is 1. The highest BCUT2D eigenvalue weighted by Gasteiger charge is 2.11. The predicted octanol–water partition coefficient (Wildman–Crippen LogP) is 2.51. The van der Waals surface area contributed by atoms with Crippen LogP contribution in [0.4, 0.5) is 5.69 Å². The fraction of sp³-hybridized carbons (Fsp3) is 0.455. The van der Waals surface area contributed by atoms with Crippen molar-refractivity contribution in [3.05, 3.63) is 18.5 Å². The summed E-state index contributed by atoms with van der Waals surface area (Å²) in [5, 5.41) is 6.54. The molecule has 2 N–H and O–H groups in total. The number of hydrogen-bond acceptors (Lipinski definition) is 5. The van der Waals surface area contributed by atoms with Gasteiger partial charge >= 0.3 is 0 Å². The number of aromatic nitrogens is 1. The number of nitrogens with one attached hydrogen (secondary N) is 2. The van der Waals surface area contributed by atoms with Crippen molar-refractivity contribution < 1.29 is 0 Å². The van der Waals surface area contributed by atoms with Gasteiger partial charge in [-0.1, -0.05) is 13.8 Å². The van der Waals surface area contributed by atoms with Crippen LogP contribution in [0.1, 0.15) is 20.3 Å². The molecule has 1 aliphatic rings. The molecule has 0 amide bonds.